The average molecular weight is 310 g/mol. The number of carbonyl (C=O) groups is 1. The number of hydrogen-bond acceptors (Lipinski definition) is 3. The van der Waals surface area contributed by atoms with Crippen LogP contribution >= 0.6 is 0 Å². The number of nitrogens with zero attached hydrogens (tertiary/aromatic N) is 1. The zero-order valence-corrected chi connectivity index (χ0v) is 13.3. The largest absolute Gasteiger partial charge is 0.341 e. The molecule has 5 nitrogen and oxygen atoms in total. The Labute approximate surface area is 126 Å². The molecule has 0 atom stereocenters. The van der Waals surface area contributed by atoms with Crippen LogP contribution in [0.2, 0.25) is 0 Å². The molecule has 116 valence electrons. The molecule has 1 fully saturated rings. The summed E-state index contributed by atoms with van der Waals surface area (Å²) in [5, 5.41) is 0. The normalized spacial score (nSPS) is 15.9. The molecular weight excluding hydrogens is 288 g/mol. The molecule has 0 spiro atoms. The van der Waals surface area contributed by atoms with E-state index in [0.717, 1.165) is 12.8 Å². The number of amides is 1. The van der Waals surface area contributed by atoms with Crippen molar-refractivity contribution in [3.8, 4) is 0 Å². The molecule has 0 aliphatic heterocycles. The van der Waals surface area contributed by atoms with Crippen LogP contribution < -0.4 is 4.72 Å². The van der Waals surface area contributed by atoms with E-state index in [1.54, 1.807) is 36.2 Å². The molecule has 1 amide bonds. The molecule has 2 rings (SSSR count). The second-order valence-electron chi connectivity index (χ2n) is 5.79. The van der Waals surface area contributed by atoms with E-state index in [4.69, 9.17) is 0 Å². The van der Waals surface area contributed by atoms with Crippen LogP contribution in [0.15, 0.2) is 24.3 Å². The van der Waals surface area contributed by atoms with Gasteiger partial charge in [0.2, 0.25) is 10.0 Å². The van der Waals surface area contributed by atoms with E-state index in [0.29, 0.717) is 17.2 Å². The molecular formula is C15H22N2O3S. The predicted molar refractivity (Wildman–Crippen MR) is 83.8 cm³/mol. The fourth-order valence-corrected chi connectivity index (χ4v) is 3.37. The first-order valence-electron chi connectivity index (χ1n) is 7.18. The standard InChI is InChI=1S/C15H22N2O3S/c1-17(11-12-6-3-4-7-12)15(18)13-8-5-9-14(10-13)16-21(2,19)20/h5,8-10,12,16H,3-4,6-7,11H2,1-2H3. The fourth-order valence-electron chi connectivity index (χ4n) is 2.81. The number of benzene rings is 1. The molecule has 0 heterocycles. The third-order valence-corrected chi connectivity index (χ3v) is 4.37. The molecule has 1 aromatic rings. The number of anilines is 1. The SMILES string of the molecule is CN(CC1CCCC1)C(=O)c1cccc(NS(C)(=O)=O)c1. The number of rotatable bonds is 5. The quantitative estimate of drug-likeness (QED) is 0.907. The lowest BCUT2D eigenvalue weighted by Crippen LogP contribution is -2.31. The zero-order chi connectivity index (χ0) is 15.5. The molecule has 0 bridgehead atoms. The van der Waals surface area contributed by atoms with Crippen LogP contribution in [0.1, 0.15) is 36.0 Å². The molecule has 1 aromatic carbocycles. The topological polar surface area (TPSA) is 66.5 Å². The first kappa shape index (κ1) is 15.8. The third kappa shape index (κ3) is 4.74. The minimum atomic E-state index is -3.33. The molecule has 1 saturated carbocycles. The molecule has 1 aliphatic rings. The maximum Gasteiger partial charge on any atom is 0.253 e. The molecule has 6 heteroatoms. The Balaban J connectivity index is 2.05. The molecule has 0 unspecified atom stereocenters. The summed E-state index contributed by atoms with van der Waals surface area (Å²) in [7, 11) is -1.53. The van der Waals surface area contributed by atoms with Crippen molar-refractivity contribution in [1.82, 2.24) is 4.90 Å². The van der Waals surface area contributed by atoms with Crippen molar-refractivity contribution in [2.45, 2.75) is 25.7 Å². The van der Waals surface area contributed by atoms with E-state index >= 15 is 0 Å². The van der Waals surface area contributed by atoms with Crippen LogP contribution in [0.25, 0.3) is 0 Å². The number of nitrogens with one attached hydrogen (secondary N) is 1. The first-order valence-corrected chi connectivity index (χ1v) is 9.07. The summed E-state index contributed by atoms with van der Waals surface area (Å²) < 4.78 is 24.9. The van der Waals surface area contributed by atoms with Crippen LogP contribution in [0.3, 0.4) is 0 Å². The van der Waals surface area contributed by atoms with Crippen molar-refractivity contribution in [1.29, 1.82) is 0 Å². The molecule has 0 aromatic heterocycles. The van der Waals surface area contributed by atoms with E-state index in [1.807, 2.05) is 0 Å². The monoisotopic (exact) mass is 310 g/mol. The highest BCUT2D eigenvalue weighted by Crippen LogP contribution is 2.25. The van der Waals surface area contributed by atoms with Crippen molar-refractivity contribution in [3.63, 3.8) is 0 Å². The zero-order valence-electron chi connectivity index (χ0n) is 12.5. The van der Waals surface area contributed by atoms with Crippen molar-refractivity contribution in [2.75, 3.05) is 24.6 Å². The van der Waals surface area contributed by atoms with Crippen LogP contribution in [-0.2, 0) is 10.0 Å². The summed E-state index contributed by atoms with van der Waals surface area (Å²) in [5.41, 5.74) is 0.918. The molecule has 1 N–H and O–H groups in total. The van der Waals surface area contributed by atoms with Gasteiger partial charge in [0.05, 0.1) is 6.26 Å². The average Bonchev–Trinajstić information content (AvgIpc) is 2.89. The summed E-state index contributed by atoms with van der Waals surface area (Å²) in [6, 6.07) is 6.61. The van der Waals surface area contributed by atoms with Gasteiger partial charge in [0.25, 0.3) is 5.91 Å². The van der Waals surface area contributed by atoms with Gasteiger partial charge in [0, 0.05) is 24.8 Å². The Morgan fingerprint density at radius 2 is 2.00 bits per heavy atom. The first-order chi connectivity index (χ1) is 9.85. The van der Waals surface area contributed by atoms with Crippen LogP contribution in [-0.4, -0.2) is 39.1 Å². The van der Waals surface area contributed by atoms with Crippen LogP contribution in [0, 0.1) is 5.92 Å². The number of hydrogen-bond donors (Lipinski definition) is 1. The van der Waals surface area contributed by atoms with Gasteiger partial charge in [-0.3, -0.25) is 9.52 Å². The second kappa shape index (κ2) is 6.47. The number of carbonyl (C=O) groups excluding carboxylic acids is 1. The highest BCUT2D eigenvalue weighted by Gasteiger charge is 2.20. The fraction of sp³-hybridized carbons (Fsp3) is 0.533. The highest BCUT2D eigenvalue weighted by atomic mass is 32.2. The van der Waals surface area contributed by atoms with Gasteiger partial charge >= 0.3 is 0 Å². The molecule has 21 heavy (non-hydrogen) atoms. The maximum atomic E-state index is 12.4. The Morgan fingerprint density at radius 1 is 1.33 bits per heavy atom. The Kier molecular flexibility index (Phi) is 4.88. The second-order valence-corrected chi connectivity index (χ2v) is 7.54. The third-order valence-electron chi connectivity index (χ3n) is 3.77. The summed E-state index contributed by atoms with van der Waals surface area (Å²) in [5.74, 6) is 0.523. The Hall–Kier alpha value is -1.56. The van der Waals surface area contributed by atoms with Crippen molar-refractivity contribution in [2.24, 2.45) is 5.92 Å². The maximum absolute atomic E-state index is 12.4. The van der Waals surface area contributed by atoms with Gasteiger partial charge in [0.1, 0.15) is 0 Å². The minimum absolute atomic E-state index is 0.0703. The van der Waals surface area contributed by atoms with E-state index in [1.165, 1.54) is 25.7 Å². The van der Waals surface area contributed by atoms with Gasteiger partial charge in [-0.05, 0) is 37.0 Å². The lowest BCUT2D eigenvalue weighted by molar-refractivity contribution is 0.0773. The smallest absolute Gasteiger partial charge is 0.253 e. The predicted octanol–water partition coefficient (Wildman–Crippen LogP) is 2.32. The van der Waals surface area contributed by atoms with Gasteiger partial charge in [-0.1, -0.05) is 18.9 Å². The molecule has 0 radical (unpaired) electrons. The minimum Gasteiger partial charge on any atom is -0.341 e. The van der Waals surface area contributed by atoms with E-state index in [9.17, 15) is 13.2 Å². The van der Waals surface area contributed by atoms with Gasteiger partial charge in [0.15, 0.2) is 0 Å². The summed E-state index contributed by atoms with van der Waals surface area (Å²) >= 11 is 0. The van der Waals surface area contributed by atoms with Gasteiger partial charge < -0.3 is 4.90 Å². The van der Waals surface area contributed by atoms with E-state index in [2.05, 4.69) is 4.72 Å². The summed E-state index contributed by atoms with van der Waals surface area (Å²) in [6.45, 7) is 0.766. The summed E-state index contributed by atoms with van der Waals surface area (Å²) in [4.78, 5) is 14.1. The summed E-state index contributed by atoms with van der Waals surface area (Å²) in [6.07, 6.45) is 5.97. The van der Waals surface area contributed by atoms with Gasteiger partial charge in [-0.2, -0.15) is 0 Å². The van der Waals surface area contributed by atoms with E-state index in [-0.39, 0.29) is 5.91 Å². The Morgan fingerprint density at radius 3 is 2.62 bits per heavy atom. The van der Waals surface area contributed by atoms with Crippen molar-refractivity contribution in [3.05, 3.63) is 29.8 Å². The van der Waals surface area contributed by atoms with Crippen molar-refractivity contribution < 1.29 is 13.2 Å². The molecule has 0 saturated heterocycles. The number of sulfonamides is 1. The highest BCUT2D eigenvalue weighted by molar-refractivity contribution is 7.92. The van der Waals surface area contributed by atoms with Gasteiger partial charge in [-0.25, -0.2) is 8.42 Å². The van der Waals surface area contributed by atoms with Crippen LogP contribution in [0.4, 0.5) is 5.69 Å². The van der Waals surface area contributed by atoms with Crippen LogP contribution in [0.5, 0.6) is 0 Å². The van der Waals surface area contributed by atoms with E-state index < -0.39 is 10.0 Å². The lowest BCUT2D eigenvalue weighted by Gasteiger charge is -2.21. The van der Waals surface area contributed by atoms with Crippen molar-refractivity contribution >= 4 is 21.6 Å². The molecule has 1 aliphatic carbocycles. The van der Waals surface area contributed by atoms with Gasteiger partial charge in [-0.15, -0.1) is 0 Å². The Bertz CT molecular complexity index is 607. The lowest BCUT2D eigenvalue weighted by atomic mass is 10.1.